The van der Waals surface area contributed by atoms with Gasteiger partial charge in [0.25, 0.3) is 0 Å². The number of aromatic nitrogens is 2. The fourth-order valence-corrected chi connectivity index (χ4v) is 2.78. The Morgan fingerprint density at radius 1 is 1.62 bits per heavy atom. The Labute approximate surface area is 124 Å². The second kappa shape index (κ2) is 5.16. The lowest BCUT2D eigenvalue weighted by Gasteiger charge is -2.26. The summed E-state index contributed by atoms with van der Waals surface area (Å²) in [6.07, 6.45) is 0.538. The Bertz CT molecular complexity index is 731. The number of nitrogens with one attached hydrogen (secondary N) is 1. The van der Waals surface area contributed by atoms with Gasteiger partial charge in [0.05, 0.1) is 7.11 Å². The average molecular weight is 314 g/mol. The van der Waals surface area contributed by atoms with Crippen molar-refractivity contribution in [3.8, 4) is 5.88 Å². The highest BCUT2D eigenvalue weighted by molar-refractivity contribution is 6.32. The predicted molar refractivity (Wildman–Crippen MR) is 73.8 cm³/mol. The van der Waals surface area contributed by atoms with E-state index in [-0.39, 0.29) is 28.9 Å². The molecule has 0 fully saturated rings. The van der Waals surface area contributed by atoms with Crippen LogP contribution in [0.15, 0.2) is 0 Å². The second-order valence-corrected chi connectivity index (χ2v) is 5.16. The van der Waals surface area contributed by atoms with Crippen LogP contribution in [0.25, 0.3) is 11.0 Å². The van der Waals surface area contributed by atoms with Gasteiger partial charge in [-0.3, -0.25) is 4.79 Å². The zero-order chi connectivity index (χ0) is 15.1. The van der Waals surface area contributed by atoms with Gasteiger partial charge in [0.2, 0.25) is 11.8 Å². The van der Waals surface area contributed by atoms with Crippen molar-refractivity contribution in [3.63, 3.8) is 0 Å². The van der Waals surface area contributed by atoms with Crippen LogP contribution < -0.4 is 4.74 Å². The fourth-order valence-electron chi connectivity index (χ4n) is 2.56. The number of hydrogen-bond acceptors (Lipinski definition) is 4. The van der Waals surface area contributed by atoms with E-state index < -0.39 is 12.4 Å². The molecule has 0 unspecified atom stereocenters. The third-order valence-electron chi connectivity index (χ3n) is 3.64. The molecule has 2 aromatic heterocycles. The molecule has 21 heavy (non-hydrogen) atoms. The number of hydrogen-bond donors (Lipinski definition) is 2. The minimum Gasteiger partial charge on any atom is -0.480 e. The van der Waals surface area contributed by atoms with E-state index >= 15 is 0 Å². The number of nitrogens with zero attached hydrogens (tertiary/aromatic N) is 2. The van der Waals surface area contributed by atoms with Gasteiger partial charge in [-0.15, -0.1) is 0 Å². The molecule has 2 N–H and O–H groups in total. The van der Waals surface area contributed by atoms with Crippen molar-refractivity contribution in [1.29, 1.82) is 0 Å². The first-order valence-corrected chi connectivity index (χ1v) is 6.75. The van der Waals surface area contributed by atoms with E-state index in [1.54, 1.807) is 0 Å². The highest BCUT2D eigenvalue weighted by Crippen LogP contribution is 2.35. The van der Waals surface area contributed by atoms with E-state index in [9.17, 15) is 9.18 Å². The maximum atomic E-state index is 14.3. The van der Waals surface area contributed by atoms with Crippen LogP contribution in [0, 0.1) is 5.82 Å². The van der Waals surface area contributed by atoms with Crippen LogP contribution in [0.1, 0.15) is 11.3 Å². The summed E-state index contributed by atoms with van der Waals surface area (Å²) >= 11 is 5.86. The van der Waals surface area contributed by atoms with Gasteiger partial charge in [-0.05, 0) is 0 Å². The molecular formula is C13H13ClFN3O3. The first kappa shape index (κ1) is 14.1. The van der Waals surface area contributed by atoms with Crippen molar-refractivity contribution < 1.29 is 19.0 Å². The van der Waals surface area contributed by atoms with Gasteiger partial charge < -0.3 is 19.7 Å². The number of carbonyl (C=O) groups is 1. The zero-order valence-corrected chi connectivity index (χ0v) is 12.0. The van der Waals surface area contributed by atoms with Gasteiger partial charge in [-0.1, -0.05) is 11.6 Å². The van der Waals surface area contributed by atoms with Crippen LogP contribution >= 0.6 is 11.6 Å². The van der Waals surface area contributed by atoms with E-state index in [1.165, 1.54) is 12.0 Å². The molecule has 0 saturated carbocycles. The molecule has 0 saturated heterocycles. The first-order valence-electron chi connectivity index (χ1n) is 6.37. The molecule has 1 amide bonds. The Kier molecular flexibility index (Phi) is 3.46. The van der Waals surface area contributed by atoms with Gasteiger partial charge >= 0.3 is 0 Å². The van der Waals surface area contributed by atoms with E-state index in [1.807, 2.05) is 0 Å². The van der Waals surface area contributed by atoms with Crippen molar-refractivity contribution in [3.05, 3.63) is 22.1 Å². The summed E-state index contributed by atoms with van der Waals surface area (Å²) in [4.78, 5) is 20.3. The lowest BCUT2D eigenvalue weighted by atomic mass is 10.1. The fraction of sp³-hybridized carbons (Fsp3) is 0.385. The molecule has 0 atom stereocenters. The lowest BCUT2D eigenvalue weighted by molar-refractivity contribution is -0.135. The number of aliphatic hydroxyl groups is 1. The summed E-state index contributed by atoms with van der Waals surface area (Å²) < 4.78 is 19.2. The number of carbonyl (C=O) groups excluding carboxylic acids is 1. The van der Waals surface area contributed by atoms with Crippen molar-refractivity contribution >= 4 is 28.5 Å². The van der Waals surface area contributed by atoms with Crippen LogP contribution in [0.5, 0.6) is 5.88 Å². The summed E-state index contributed by atoms with van der Waals surface area (Å²) in [6, 6.07) is 0. The molecular weight excluding hydrogens is 301 g/mol. The number of aromatic amines is 1. The van der Waals surface area contributed by atoms with Crippen LogP contribution in [0.3, 0.4) is 0 Å². The monoisotopic (exact) mass is 313 g/mol. The van der Waals surface area contributed by atoms with Crippen molar-refractivity contribution in [2.75, 3.05) is 20.3 Å². The van der Waals surface area contributed by atoms with Crippen LogP contribution in [0.2, 0.25) is 5.02 Å². The smallest absolute Gasteiger partial charge is 0.248 e. The van der Waals surface area contributed by atoms with Gasteiger partial charge in [0.1, 0.15) is 22.7 Å². The van der Waals surface area contributed by atoms with Gasteiger partial charge in [0, 0.05) is 30.8 Å². The SMILES string of the molecule is COc1nc2c3c([nH]c2c(F)c1Cl)CCN(C(=O)CO)C3. The number of H-pyrrole nitrogens is 1. The molecule has 3 heterocycles. The number of halogens is 2. The second-order valence-electron chi connectivity index (χ2n) is 4.78. The number of aliphatic hydroxyl groups excluding tert-OH is 1. The molecule has 3 rings (SSSR count). The number of rotatable bonds is 2. The maximum absolute atomic E-state index is 14.3. The van der Waals surface area contributed by atoms with Crippen molar-refractivity contribution in [2.24, 2.45) is 0 Å². The highest BCUT2D eigenvalue weighted by Gasteiger charge is 2.27. The normalized spacial score (nSPS) is 14.4. The van der Waals surface area contributed by atoms with Crippen LogP contribution in [-0.4, -0.2) is 46.1 Å². The number of ether oxygens (including phenoxy) is 1. The Balaban J connectivity index is 2.14. The molecule has 1 aliphatic heterocycles. The van der Waals surface area contributed by atoms with E-state index in [2.05, 4.69) is 9.97 Å². The number of fused-ring (bicyclic) bond motifs is 3. The molecule has 6 nitrogen and oxygen atoms in total. The number of methoxy groups -OCH3 is 1. The van der Waals surface area contributed by atoms with Gasteiger partial charge in [-0.25, -0.2) is 9.37 Å². The molecule has 2 aromatic rings. The maximum Gasteiger partial charge on any atom is 0.248 e. The Morgan fingerprint density at radius 3 is 3.05 bits per heavy atom. The van der Waals surface area contributed by atoms with Crippen LogP contribution in [0.4, 0.5) is 4.39 Å². The predicted octanol–water partition coefficient (Wildman–Crippen LogP) is 1.24. The van der Waals surface area contributed by atoms with Gasteiger partial charge in [0.15, 0.2) is 5.82 Å². The number of pyridine rings is 1. The van der Waals surface area contributed by atoms with Crippen molar-refractivity contribution in [1.82, 2.24) is 14.9 Å². The molecule has 0 bridgehead atoms. The average Bonchev–Trinajstić information content (AvgIpc) is 2.87. The molecule has 0 aromatic carbocycles. The van der Waals surface area contributed by atoms with Gasteiger partial charge in [-0.2, -0.15) is 0 Å². The summed E-state index contributed by atoms with van der Waals surface area (Å²) in [6.45, 7) is 0.187. The first-order chi connectivity index (χ1) is 10.1. The molecule has 0 spiro atoms. The number of amides is 1. The molecule has 0 radical (unpaired) electrons. The summed E-state index contributed by atoms with van der Waals surface area (Å²) in [5.41, 5.74) is 2.16. The topological polar surface area (TPSA) is 78.5 Å². The van der Waals surface area contributed by atoms with E-state index in [0.717, 1.165) is 11.3 Å². The summed E-state index contributed by atoms with van der Waals surface area (Å²) in [5, 5.41) is 8.78. The Hall–Kier alpha value is -1.86. The molecule has 112 valence electrons. The third-order valence-corrected chi connectivity index (χ3v) is 3.97. The highest BCUT2D eigenvalue weighted by atomic mass is 35.5. The Morgan fingerprint density at radius 2 is 2.38 bits per heavy atom. The summed E-state index contributed by atoms with van der Waals surface area (Å²) in [5.74, 6) is -0.974. The van der Waals surface area contributed by atoms with E-state index in [0.29, 0.717) is 18.5 Å². The van der Waals surface area contributed by atoms with Crippen molar-refractivity contribution in [2.45, 2.75) is 13.0 Å². The molecule has 1 aliphatic rings. The van der Waals surface area contributed by atoms with Crippen LogP contribution in [-0.2, 0) is 17.8 Å². The third kappa shape index (κ3) is 2.13. The molecule has 8 heteroatoms. The zero-order valence-electron chi connectivity index (χ0n) is 11.2. The molecule has 0 aliphatic carbocycles. The lowest BCUT2D eigenvalue weighted by Crippen LogP contribution is -2.37. The largest absolute Gasteiger partial charge is 0.480 e. The quantitative estimate of drug-likeness (QED) is 0.874. The minimum absolute atomic E-state index is 0.00840. The van der Waals surface area contributed by atoms with E-state index in [4.69, 9.17) is 21.4 Å². The summed E-state index contributed by atoms with van der Waals surface area (Å²) in [7, 11) is 1.36. The minimum atomic E-state index is -0.618. The standard InChI is InChI=1S/C13H13ClFN3O3/c1-21-13-9(14)10(15)12-11(17-13)6-4-18(8(20)5-19)3-2-7(6)16-12/h16,19H,2-5H2,1H3.